The number of aryl methyl sites for hydroxylation is 1. The molecule has 4 heteroatoms. The van der Waals surface area contributed by atoms with Crippen molar-refractivity contribution in [3.05, 3.63) is 39.9 Å². The van der Waals surface area contributed by atoms with Crippen molar-refractivity contribution in [1.29, 1.82) is 5.26 Å². The van der Waals surface area contributed by atoms with Crippen LogP contribution in [0, 0.1) is 18.3 Å². The number of hydrogen-bond acceptors (Lipinski definition) is 3. The van der Waals surface area contributed by atoms with Crippen molar-refractivity contribution in [2.45, 2.75) is 6.92 Å². The smallest absolute Gasteiger partial charge is 0.261 e. The molecule has 0 amide bonds. The fraction of sp³-hybridized carbons (Fsp3) is 0.182. The van der Waals surface area contributed by atoms with E-state index in [-0.39, 0.29) is 5.56 Å². The van der Waals surface area contributed by atoms with Crippen LogP contribution in [0.4, 0.5) is 0 Å². The van der Waals surface area contributed by atoms with Crippen LogP contribution in [0.25, 0.3) is 10.9 Å². The molecule has 0 spiro atoms. The van der Waals surface area contributed by atoms with Crippen molar-refractivity contribution in [2.24, 2.45) is 7.05 Å². The number of nitriles is 1. The Labute approximate surface area is 86.4 Å². The standard InChI is InChI=1S/C11H9N3O/c1-7-13-10-5-8(6-12)3-4-9(10)11(15)14(7)2/h3-5H,1-2H3. The van der Waals surface area contributed by atoms with Crippen LogP contribution < -0.4 is 5.56 Å². The average Bonchev–Trinajstić information content (AvgIpc) is 2.25. The molecule has 0 aliphatic heterocycles. The van der Waals surface area contributed by atoms with Crippen LogP contribution in [0.3, 0.4) is 0 Å². The van der Waals surface area contributed by atoms with Gasteiger partial charge in [0.1, 0.15) is 5.82 Å². The van der Waals surface area contributed by atoms with Gasteiger partial charge in [-0.15, -0.1) is 0 Å². The Balaban J connectivity index is 2.94. The zero-order valence-electron chi connectivity index (χ0n) is 8.48. The number of hydrogen-bond donors (Lipinski definition) is 0. The van der Waals surface area contributed by atoms with Crippen LogP contribution in [-0.2, 0) is 7.05 Å². The highest BCUT2D eigenvalue weighted by Gasteiger charge is 2.05. The molecule has 0 saturated carbocycles. The molecule has 0 aliphatic carbocycles. The van der Waals surface area contributed by atoms with E-state index in [1.807, 2.05) is 6.07 Å². The van der Waals surface area contributed by atoms with E-state index in [1.165, 1.54) is 4.57 Å². The number of benzene rings is 1. The summed E-state index contributed by atoms with van der Waals surface area (Å²) in [5, 5.41) is 9.27. The first-order valence-corrected chi connectivity index (χ1v) is 4.51. The van der Waals surface area contributed by atoms with Gasteiger partial charge in [-0.3, -0.25) is 9.36 Å². The number of aromatic nitrogens is 2. The van der Waals surface area contributed by atoms with Crippen molar-refractivity contribution in [1.82, 2.24) is 9.55 Å². The van der Waals surface area contributed by atoms with E-state index in [9.17, 15) is 4.79 Å². The summed E-state index contributed by atoms with van der Waals surface area (Å²) in [4.78, 5) is 16.0. The lowest BCUT2D eigenvalue weighted by atomic mass is 10.1. The van der Waals surface area contributed by atoms with Crippen molar-refractivity contribution in [3.8, 4) is 6.07 Å². The molecule has 1 aromatic heterocycles. The molecule has 2 aromatic rings. The van der Waals surface area contributed by atoms with Gasteiger partial charge in [0.15, 0.2) is 0 Å². The molecule has 0 atom stereocenters. The van der Waals surface area contributed by atoms with Crippen molar-refractivity contribution >= 4 is 10.9 Å². The zero-order valence-corrected chi connectivity index (χ0v) is 8.48. The molecule has 1 heterocycles. The van der Waals surface area contributed by atoms with Gasteiger partial charge in [0.25, 0.3) is 5.56 Å². The molecule has 15 heavy (non-hydrogen) atoms. The second-order valence-electron chi connectivity index (χ2n) is 3.37. The van der Waals surface area contributed by atoms with Crippen LogP contribution in [0.2, 0.25) is 0 Å². The Bertz CT molecular complexity index is 635. The van der Waals surface area contributed by atoms with Gasteiger partial charge in [0.2, 0.25) is 0 Å². The minimum absolute atomic E-state index is 0.0815. The topological polar surface area (TPSA) is 58.7 Å². The van der Waals surface area contributed by atoms with Gasteiger partial charge in [-0.1, -0.05) is 0 Å². The molecule has 2 rings (SSSR count). The van der Waals surface area contributed by atoms with Crippen LogP contribution in [0.1, 0.15) is 11.4 Å². The molecule has 4 nitrogen and oxygen atoms in total. The van der Waals surface area contributed by atoms with Crippen molar-refractivity contribution in [2.75, 3.05) is 0 Å². The SMILES string of the molecule is Cc1nc2cc(C#N)ccc2c(=O)n1C. The summed E-state index contributed by atoms with van der Waals surface area (Å²) in [5.74, 6) is 0.641. The third kappa shape index (κ3) is 1.38. The van der Waals surface area contributed by atoms with E-state index in [1.54, 1.807) is 32.2 Å². The van der Waals surface area contributed by atoms with E-state index < -0.39 is 0 Å². The van der Waals surface area contributed by atoms with Crippen LogP contribution in [-0.4, -0.2) is 9.55 Å². The molecule has 0 unspecified atom stereocenters. The maximum absolute atomic E-state index is 11.8. The van der Waals surface area contributed by atoms with Gasteiger partial charge in [0, 0.05) is 7.05 Å². The van der Waals surface area contributed by atoms with Crippen LogP contribution >= 0.6 is 0 Å². The summed E-state index contributed by atoms with van der Waals surface area (Å²) in [7, 11) is 1.68. The fourth-order valence-electron chi connectivity index (χ4n) is 1.45. The lowest BCUT2D eigenvalue weighted by Gasteiger charge is -2.04. The Morgan fingerprint density at radius 3 is 2.87 bits per heavy atom. The molecule has 0 aliphatic rings. The first kappa shape index (κ1) is 9.41. The molecular weight excluding hydrogens is 190 g/mol. The lowest BCUT2D eigenvalue weighted by Crippen LogP contribution is -2.20. The molecule has 0 radical (unpaired) electrons. The fourth-order valence-corrected chi connectivity index (χ4v) is 1.45. The van der Waals surface area contributed by atoms with Gasteiger partial charge in [-0.05, 0) is 25.1 Å². The monoisotopic (exact) mass is 199 g/mol. The molecular formula is C11H9N3O. The number of fused-ring (bicyclic) bond motifs is 1. The zero-order chi connectivity index (χ0) is 11.0. The second kappa shape index (κ2) is 3.21. The van der Waals surface area contributed by atoms with Gasteiger partial charge in [-0.25, -0.2) is 4.98 Å². The predicted octanol–water partition coefficient (Wildman–Crippen LogP) is 1.11. The molecule has 74 valence electrons. The maximum Gasteiger partial charge on any atom is 0.261 e. The second-order valence-corrected chi connectivity index (χ2v) is 3.37. The Hall–Kier alpha value is -2.15. The Morgan fingerprint density at radius 2 is 2.20 bits per heavy atom. The normalized spacial score (nSPS) is 10.2. The maximum atomic E-state index is 11.8. The molecule has 0 fully saturated rings. The van der Waals surface area contributed by atoms with E-state index >= 15 is 0 Å². The summed E-state index contributed by atoms with van der Waals surface area (Å²) >= 11 is 0. The summed E-state index contributed by atoms with van der Waals surface area (Å²) in [5.41, 5.74) is 1.01. The quantitative estimate of drug-likeness (QED) is 0.638. The number of rotatable bonds is 0. The highest BCUT2D eigenvalue weighted by Crippen LogP contribution is 2.10. The predicted molar refractivity (Wildman–Crippen MR) is 56.4 cm³/mol. The van der Waals surface area contributed by atoms with Crippen LogP contribution in [0.5, 0.6) is 0 Å². The van der Waals surface area contributed by atoms with Gasteiger partial charge < -0.3 is 0 Å². The van der Waals surface area contributed by atoms with Crippen LogP contribution in [0.15, 0.2) is 23.0 Å². The van der Waals surface area contributed by atoms with E-state index in [0.29, 0.717) is 22.3 Å². The summed E-state index contributed by atoms with van der Waals surface area (Å²) in [6, 6.07) is 6.92. The molecule has 0 N–H and O–H groups in total. The first-order chi connectivity index (χ1) is 7.13. The Kier molecular flexibility index (Phi) is 2.01. The van der Waals surface area contributed by atoms with Gasteiger partial charge >= 0.3 is 0 Å². The highest BCUT2D eigenvalue weighted by molar-refractivity contribution is 5.79. The minimum atomic E-state index is -0.0815. The van der Waals surface area contributed by atoms with Gasteiger partial charge in [0.05, 0.1) is 22.5 Å². The summed E-state index contributed by atoms with van der Waals surface area (Å²) in [6.07, 6.45) is 0. The largest absolute Gasteiger partial charge is 0.299 e. The van der Waals surface area contributed by atoms with Crippen molar-refractivity contribution in [3.63, 3.8) is 0 Å². The highest BCUT2D eigenvalue weighted by atomic mass is 16.1. The third-order valence-corrected chi connectivity index (χ3v) is 2.43. The molecule has 1 aromatic carbocycles. The summed E-state index contributed by atoms with van der Waals surface area (Å²) in [6.45, 7) is 1.76. The summed E-state index contributed by atoms with van der Waals surface area (Å²) < 4.78 is 1.49. The van der Waals surface area contributed by atoms with E-state index in [4.69, 9.17) is 5.26 Å². The number of nitrogens with zero attached hydrogens (tertiary/aromatic N) is 3. The minimum Gasteiger partial charge on any atom is -0.299 e. The lowest BCUT2D eigenvalue weighted by molar-refractivity contribution is 0.792. The first-order valence-electron chi connectivity index (χ1n) is 4.51. The average molecular weight is 199 g/mol. The molecule has 0 saturated heterocycles. The van der Waals surface area contributed by atoms with Crippen molar-refractivity contribution < 1.29 is 0 Å². The van der Waals surface area contributed by atoms with Gasteiger partial charge in [-0.2, -0.15) is 5.26 Å². The van der Waals surface area contributed by atoms with E-state index in [2.05, 4.69) is 4.98 Å². The van der Waals surface area contributed by atoms with E-state index in [0.717, 1.165) is 0 Å². The third-order valence-electron chi connectivity index (χ3n) is 2.43. The Morgan fingerprint density at radius 1 is 1.47 bits per heavy atom. The molecule has 0 bridgehead atoms.